The number of carbonyl (C=O) groups excluding carboxylic acids is 1. The van der Waals surface area contributed by atoms with Crippen molar-refractivity contribution in [3.63, 3.8) is 0 Å². The number of halogens is 3. The van der Waals surface area contributed by atoms with E-state index in [0.29, 0.717) is 44.0 Å². The van der Waals surface area contributed by atoms with Gasteiger partial charge in [-0.3, -0.25) is 4.79 Å². The molecule has 4 aromatic rings. The van der Waals surface area contributed by atoms with Crippen molar-refractivity contribution >= 4 is 67.9 Å². The van der Waals surface area contributed by atoms with Crippen LogP contribution in [0.5, 0.6) is 5.75 Å². The van der Waals surface area contributed by atoms with Gasteiger partial charge in [0.1, 0.15) is 11.3 Å². The summed E-state index contributed by atoms with van der Waals surface area (Å²) in [6.45, 7) is 0. The predicted octanol–water partition coefficient (Wildman–Crippen LogP) is 7.22. The fourth-order valence-corrected chi connectivity index (χ4v) is 4.06. The van der Waals surface area contributed by atoms with E-state index in [0.717, 1.165) is 10.0 Å². The predicted molar refractivity (Wildman–Crippen MR) is 128 cm³/mol. The van der Waals surface area contributed by atoms with E-state index in [1.807, 2.05) is 24.3 Å². The van der Waals surface area contributed by atoms with Gasteiger partial charge in [0.15, 0.2) is 5.58 Å². The van der Waals surface area contributed by atoms with E-state index in [9.17, 15) is 4.79 Å². The average Bonchev–Trinajstić information content (AvgIpc) is 3.15. The third-order valence-electron chi connectivity index (χ3n) is 4.41. The molecular formula is C23H15BrCl2N2O3. The summed E-state index contributed by atoms with van der Waals surface area (Å²) in [6.07, 6.45) is 2.97. The van der Waals surface area contributed by atoms with E-state index in [2.05, 4.69) is 26.2 Å². The first-order chi connectivity index (χ1) is 14.9. The number of fused-ring (bicyclic) bond motifs is 1. The molecule has 0 unspecified atom stereocenters. The summed E-state index contributed by atoms with van der Waals surface area (Å²) in [6, 6.07) is 16.2. The van der Waals surface area contributed by atoms with Gasteiger partial charge in [0, 0.05) is 26.8 Å². The number of rotatable bonds is 5. The van der Waals surface area contributed by atoms with Crippen molar-refractivity contribution in [2.75, 3.05) is 12.4 Å². The number of aromatic nitrogens is 1. The third-order valence-corrected chi connectivity index (χ3v) is 5.61. The lowest BCUT2D eigenvalue weighted by Gasteiger charge is -2.08. The molecule has 0 aliphatic rings. The highest BCUT2D eigenvalue weighted by atomic mass is 79.9. The molecule has 156 valence electrons. The number of oxazole rings is 1. The molecule has 31 heavy (non-hydrogen) atoms. The lowest BCUT2D eigenvalue weighted by molar-refractivity contribution is -0.111. The lowest BCUT2D eigenvalue weighted by atomic mass is 10.2. The minimum absolute atomic E-state index is 0.327. The van der Waals surface area contributed by atoms with E-state index in [1.165, 1.54) is 13.2 Å². The molecule has 0 atom stereocenters. The van der Waals surface area contributed by atoms with E-state index in [-0.39, 0.29) is 5.91 Å². The highest BCUT2D eigenvalue weighted by molar-refractivity contribution is 9.10. The van der Waals surface area contributed by atoms with E-state index in [1.54, 1.807) is 36.4 Å². The standard InChI is InChI=1S/C23H15BrCl2N2O3/c1-30-22-13(10-14(25)11-18(22)26)6-9-21(29)27-15-7-8-20-19(12-15)28-23(31-20)16-4-2-3-5-17(16)24/h2-12H,1H3,(H,27,29)/b9-6+. The van der Waals surface area contributed by atoms with Gasteiger partial charge in [-0.15, -0.1) is 0 Å². The zero-order valence-corrected chi connectivity index (χ0v) is 19.3. The molecule has 1 heterocycles. The van der Waals surface area contributed by atoms with Crippen LogP contribution >= 0.6 is 39.1 Å². The third kappa shape index (κ3) is 4.77. The van der Waals surface area contributed by atoms with Gasteiger partial charge < -0.3 is 14.5 Å². The first-order valence-corrected chi connectivity index (χ1v) is 10.7. The maximum atomic E-state index is 12.4. The Morgan fingerprint density at radius 3 is 2.74 bits per heavy atom. The summed E-state index contributed by atoms with van der Waals surface area (Å²) in [5.74, 6) is 0.613. The minimum atomic E-state index is -0.327. The summed E-state index contributed by atoms with van der Waals surface area (Å²) in [4.78, 5) is 16.9. The van der Waals surface area contributed by atoms with Gasteiger partial charge in [-0.05, 0) is 64.5 Å². The average molecular weight is 518 g/mol. The number of hydrogen-bond donors (Lipinski definition) is 1. The maximum Gasteiger partial charge on any atom is 0.248 e. The summed E-state index contributed by atoms with van der Waals surface area (Å²) < 4.78 is 12.0. The van der Waals surface area contributed by atoms with Crippen LogP contribution in [0.25, 0.3) is 28.6 Å². The number of carbonyl (C=O) groups is 1. The zero-order chi connectivity index (χ0) is 22.0. The Hall–Kier alpha value is -2.80. The molecular weight excluding hydrogens is 503 g/mol. The van der Waals surface area contributed by atoms with Gasteiger partial charge in [-0.25, -0.2) is 4.98 Å². The number of nitrogens with one attached hydrogen (secondary N) is 1. The van der Waals surface area contributed by atoms with Crippen LogP contribution in [0.1, 0.15) is 5.56 Å². The Balaban J connectivity index is 1.54. The highest BCUT2D eigenvalue weighted by Crippen LogP contribution is 2.33. The SMILES string of the molecule is COc1c(Cl)cc(Cl)cc1/C=C/C(=O)Nc1ccc2oc(-c3ccccc3Br)nc2c1. The quantitative estimate of drug-likeness (QED) is 0.284. The number of methoxy groups -OCH3 is 1. The highest BCUT2D eigenvalue weighted by Gasteiger charge is 2.12. The van der Waals surface area contributed by atoms with Crippen LogP contribution in [0, 0.1) is 0 Å². The van der Waals surface area contributed by atoms with Gasteiger partial charge in [0.05, 0.1) is 17.7 Å². The second-order valence-corrected chi connectivity index (χ2v) is 8.21. The molecule has 1 aromatic heterocycles. The molecule has 0 aliphatic carbocycles. The van der Waals surface area contributed by atoms with Gasteiger partial charge >= 0.3 is 0 Å². The van der Waals surface area contributed by atoms with Crippen LogP contribution in [0.2, 0.25) is 10.0 Å². The monoisotopic (exact) mass is 516 g/mol. The summed E-state index contributed by atoms with van der Waals surface area (Å²) in [5, 5.41) is 3.62. The molecule has 8 heteroatoms. The molecule has 0 saturated carbocycles. The Morgan fingerprint density at radius 2 is 1.97 bits per heavy atom. The summed E-state index contributed by atoms with van der Waals surface area (Å²) in [7, 11) is 1.50. The Bertz CT molecular complexity index is 1320. The van der Waals surface area contributed by atoms with E-state index in [4.69, 9.17) is 32.4 Å². The fourth-order valence-electron chi connectivity index (χ4n) is 3.02. The van der Waals surface area contributed by atoms with Crippen LogP contribution in [0.3, 0.4) is 0 Å². The molecule has 0 bridgehead atoms. The van der Waals surface area contributed by atoms with Crippen molar-refractivity contribution in [2.45, 2.75) is 0 Å². The zero-order valence-electron chi connectivity index (χ0n) is 16.2. The van der Waals surface area contributed by atoms with E-state index >= 15 is 0 Å². The van der Waals surface area contributed by atoms with Crippen LogP contribution in [0.15, 0.2) is 69.6 Å². The first kappa shape index (κ1) is 21.4. The van der Waals surface area contributed by atoms with Crippen molar-refractivity contribution < 1.29 is 13.9 Å². The fraction of sp³-hybridized carbons (Fsp3) is 0.0435. The topological polar surface area (TPSA) is 64.4 Å². The normalized spacial score (nSPS) is 11.2. The van der Waals surface area contributed by atoms with Gasteiger partial charge in [0.2, 0.25) is 11.8 Å². The molecule has 0 spiro atoms. The Labute approximate surface area is 196 Å². The lowest BCUT2D eigenvalue weighted by Crippen LogP contribution is -2.07. The molecule has 1 amide bonds. The molecule has 4 rings (SSSR count). The molecule has 1 N–H and O–H groups in total. The van der Waals surface area contributed by atoms with Crippen LogP contribution in [-0.2, 0) is 4.79 Å². The van der Waals surface area contributed by atoms with E-state index < -0.39 is 0 Å². The second-order valence-electron chi connectivity index (χ2n) is 6.51. The molecule has 0 radical (unpaired) electrons. The molecule has 0 saturated heterocycles. The molecule has 0 aliphatic heterocycles. The second kappa shape index (κ2) is 9.14. The number of hydrogen-bond acceptors (Lipinski definition) is 4. The molecule has 0 fully saturated rings. The number of amides is 1. The molecule has 3 aromatic carbocycles. The number of nitrogens with zero attached hydrogens (tertiary/aromatic N) is 1. The number of benzene rings is 3. The van der Waals surface area contributed by atoms with Gasteiger partial charge in [-0.1, -0.05) is 35.3 Å². The van der Waals surface area contributed by atoms with Crippen molar-refractivity contribution in [1.82, 2.24) is 4.98 Å². The Morgan fingerprint density at radius 1 is 1.16 bits per heavy atom. The molecule has 5 nitrogen and oxygen atoms in total. The van der Waals surface area contributed by atoms with Crippen molar-refractivity contribution in [3.05, 3.63) is 80.8 Å². The Kier molecular flexibility index (Phi) is 6.32. The number of ether oxygens (including phenoxy) is 1. The van der Waals surface area contributed by atoms with Crippen molar-refractivity contribution in [1.29, 1.82) is 0 Å². The summed E-state index contributed by atoms with van der Waals surface area (Å²) >= 11 is 15.7. The maximum absolute atomic E-state index is 12.4. The first-order valence-electron chi connectivity index (χ1n) is 9.12. The largest absolute Gasteiger partial charge is 0.495 e. The number of anilines is 1. The van der Waals surface area contributed by atoms with Crippen molar-refractivity contribution in [2.24, 2.45) is 0 Å². The van der Waals surface area contributed by atoms with Crippen molar-refractivity contribution in [3.8, 4) is 17.2 Å². The smallest absolute Gasteiger partial charge is 0.248 e. The van der Waals surface area contributed by atoms with Crippen LogP contribution < -0.4 is 10.1 Å². The van der Waals surface area contributed by atoms with Crippen LogP contribution in [0.4, 0.5) is 5.69 Å². The van der Waals surface area contributed by atoms with Crippen LogP contribution in [-0.4, -0.2) is 18.0 Å². The summed E-state index contributed by atoms with van der Waals surface area (Å²) in [5.41, 5.74) is 3.29. The minimum Gasteiger partial charge on any atom is -0.495 e. The van der Waals surface area contributed by atoms with Gasteiger partial charge in [-0.2, -0.15) is 0 Å². The van der Waals surface area contributed by atoms with Gasteiger partial charge in [0.25, 0.3) is 0 Å².